The fourth-order valence-electron chi connectivity index (χ4n) is 3.23. The summed E-state index contributed by atoms with van der Waals surface area (Å²) in [5.74, 6) is -1.77. The summed E-state index contributed by atoms with van der Waals surface area (Å²) in [4.78, 5) is 29.9. The van der Waals surface area contributed by atoms with E-state index in [9.17, 15) is 14.7 Å². The number of carbonyl (C=O) groups is 2. The predicted molar refractivity (Wildman–Crippen MR) is 82.2 cm³/mol. The molecule has 1 aromatic heterocycles. The topological polar surface area (TPSA) is 70.5 Å². The zero-order chi connectivity index (χ0) is 15.9. The lowest BCUT2D eigenvalue weighted by atomic mass is 9.93. The highest BCUT2D eigenvalue weighted by Gasteiger charge is 2.45. The number of pyridine rings is 1. The van der Waals surface area contributed by atoms with Gasteiger partial charge in [-0.15, -0.1) is 0 Å². The summed E-state index contributed by atoms with van der Waals surface area (Å²) in [5.41, 5.74) is 1.64. The predicted octanol–water partition coefficient (Wildman–Crippen LogP) is 2.62. The van der Waals surface area contributed by atoms with Crippen molar-refractivity contribution in [2.75, 3.05) is 0 Å². The SMILES string of the molecule is CC(C)N1C(=O)CC(C(=O)O)C1c1cnc2ccccc2c1. The first kappa shape index (κ1) is 14.5. The maximum atomic E-state index is 12.2. The first-order valence-electron chi connectivity index (χ1n) is 7.37. The minimum atomic E-state index is -0.936. The molecule has 114 valence electrons. The van der Waals surface area contributed by atoms with E-state index >= 15 is 0 Å². The van der Waals surface area contributed by atoms with Gasteiger partial charge in [0.25, 0.3) is 0 Å². The maximum Gasteiger partial charge on any atom is 0.309 e. The van der Waals surface area contributed by atoms with Gasteiger partial charge in [0.05, 0.1) is 17.5 Å². The van der Waals surface area contributed by atoms with Crippen LogP contribution in [0.15, 0.2) is 36.5 Å². The summed E-state index contributed by atoms with van der Waals surface area (Å²) in [7, 11) is 0. The molecule has 5 heteroatoms. The van der Waals surface area contributed by atoms with Gasteiger partial charge in [0.2, 0.25) is 5.91 Å². The summed E-state index contributed by atoms with van der Waals surface area (Å²) in [6.07, 6.45) is 1.74. The van der Waals surface area contributed by atoms with Crippen LogP contribution in [0.4, 0.5) is 0 Å². The van der Waals surface area contributed by atoms with Crippen molar-refractivity contribution in [3.8, 4) is 0 Å². The summed E-state index contributed by atoms with van der Waals surface area (Å²) in [6, 6.07) is 9.12. The Kier molecular flexibility index (Phi) is 3.56. The molecule has 5 nitrogen and oxygen atoms in total. The quantitative estimate of drug-likeness (QED) is 0.945. The number of carboxylic acid groups (broad SMARTS) is 1. The molecular formula is C17H18N2O3. The maximum absolute atomic E-state index is 12.2. The van der Waals surface area contributed by atoms with Crippen molar-refractivity contribution >= 4 is 22.8 Å². The van der Waals surface area contributed by atoms with E-state index in [1.165, 1.54) is 0 Å². The van der Waals surface area contributed by atoms with Crippen molar-refractivity contribution in [1.82, 2.24) is 9.88 Å². The fourth-order valence-corrected chi connectivity index (χ4v) is 3.23. The Bertz CT molecular complexity index is 742. The normalized spacial score (nSPS) is 21.8. The number of fused-ring (bicyclic) bond motifs is 1. The van der Waals surface area contributed by atoms with Gasteiger partial charge in [-0.2, -0.15) is 0 Å². The number of hydrogen-bond acceptors (Lipinski definition) is 3. The number of benzene rings is 1. The van der Waals surface area contributed by atoms with E-state index in [0.717, 1.165) is 16.5 Å². The summed E-state index contributed by atoms with van der Waals surface area (Å²) < 4.78 is 0. The number of nitrogens with zero attached hydrogens (tertiary/aromatic N) is 2. The Morgan fingerprint density at radius 1 is 1.36 bits per heavy atom. The van der Waals surface area contributed by atoms with Crippen LogP contribution in [0.3, 0.4) is 0 Å². The zero-order valence-corrected chi connectivity index (χ0v) is 12.6. The van der Waals surface area contributed by atoms with Crippen molar-refractivity contribution in [2.45, 2.75) is 32.4 Å². The molecule has 0 radical (unpaired) electrons. The van der Waals surface area contributed by atoms with E-state index < -0.39 is 17.9 Å². The summed E-state index contributed by atoms with van der Waals surface area (Å²) in [6.45, 7) is 3.81. The smallest absolute Gasteiger partial charge is 0.309 e. The Morgan fingerprint density at radius 2 is 2.09 bits per heavy atom. The Labute approximate surface area is 128 Å². The van der Waals surface area contributed by atoms with E-state index in [-0.39, 0.29) is 18.4 Å². The van der Waals surface area contributed by atoms with E-state index in [0.29, 0.717) is 0 Å². The van der Waals surface area contributed by atoms with Gasteiger partial charge in [0.1, 0.15) is 0 Å². The van der Waals surface area contributed by atoms with Crippen LogP contribution in [0, 0.1) is 5.92 Å². The molecule has 1 amide bonds. The van der Waals surface area contributed by atoms with Gasteiger partial charge >= 0.3 is 5.97 Å². The molecule has 2 aromatic rings. The van der Waals surface area contributed by atoms with Gasteiger partial charge in [-0.3, -0.25) is 14.6 Å². The Balaban J connectivity index is 2.10. The van der Waals surface area contributed by atoms with Crippen LogP contribution in [0.25, 0.3) is 10.9 Å². The third kappa shape index (κ3) is 2.32. The van der Waals surface area contributed by atoms with Crippen molar-refractivity contribution in [2.24, 2.45) is 5.92 Å². The lowest BCUT2D eigenvalue weighted by Gasteiger charge is -2.30. The second kappa shape index (κ2) is 5.40. The van der Waals surface area contributed by atoms with Crippen LogP contribution in [0.2, 0.25) is 0 Å². The number of aromatic nitrogens is 1. The Hall–Kier alpha value is -2.43. The number of para-hydroxylation sites is 1. The number of carbonyl (C=O) groups excluding carboxylic acids is 1. The van der Waals surface area contributed by atoms with Crippen molar-refractivity contribution in [1.29, 1.82) is 0 Å². The van der Waals surface area contributed by atoms with Gasteiger partial charge in [-0.25, -0.2) is 0 Å². The number of hydrogen-bond donors (Lipinski definition) is 1. The molecule has 0 saturated carbocycles. The van der Waals surface area contributed by atoms with Crippen molar-refractivity contribution in [3.05, 3.63) is 42.1 Å². The molecule has 1 aromatic carbocycles. The molecule has 2 unspecified atom stereocenters. The first-order valence-corrected chi connectivity index (χ1v) is 7.37. The van der Waals surface area contributed by atoms with Gasteiger partial charge in [0, 0.05) is 24.0 Å². The number of aliphatic carboxylic acids is 1. The second-order valence-corrected chi connectivity index (χ2v) is 5.95. The lowest BCUT2D eigenvalue weighted by molar-refractivity contribution is -0.142. The number of likely N-dealkylation sites (tertiary alicyclic amines) is 1. The molecule has 0 bridgehead atoms. The molecule has 2 atom stereocenters. The van der Waals surface area contributed by atoms with E-state index in [2.05, 4.69) is 4.98 Å². The third-order valence-electron chi connectivity index (χ3n) is 4.19. The summed E-state index contributed by atoms with van der Waals surface area (Å²) >= 11 is 0. The highest BCUT2D eigenvalue weighted by Crippen LogP contribution is 2.40. The van der Waals surface area contributed by atoms with Crippen molar-refractivity contribution < 1.29 is 14.7 Å². The third-order valence-corrected chi connectivity index (χ3v) is 4.19. The highest BCUT2D eigenvalue weighted by atomic mass is 16.4. The average Bonchev–Trinajstić information content (AvgIpc) is 2.84. The number of carboxylic acids is 1. The molecule has 1 fully saturated rings. The molecule has 1 N–H and O–H groups in total. The van der Waals surface area contributed by atoms with Crippen LogP contribution in [0.1, 0.15) is 31.9 Å². The zero-order valence-electron chi connectivity index (χ0n) is 12.6. The number of amides is 1. The minimum Gasteiger partial charge on any atom is -0.481 e. The molecule has 1 aliphatic heterocycles. The molecular weight excluding hydrogens is 280 g/mol. The van der Waals surface area contributed by atoms with Crippen LogP contribution < -0.4 is 0 Å². The van der Waals surface area contributed by atoms with E-state index in [1.54, 1.807) is 11.1 Å². The molecule has 1 saturated heterocycles. The molecule has 22 heavy (non-hydrogen) atoms. The molecule has 0 aliphatic carbocycles. The number of rotatable bonds is 3. The molecule has 0 spiro atoms. The first-order chi connectivity index (χ1) is 10.5. The molecule has 2 heterocycles. The van der Waals surface area contributed by atoms with Gasteiger partial charge in [-0.05, 0) is 31.5 Å². The monoisotopic (exact) mass is 298 g/mol. The van der Waals surface area contributed by atoms with Gasteiger partial charge < -0.3 is 10.0 Å². The minimum absolute atomic E-state index is 0.0466. The molecule has 3 rings (SSSR count). The largest absolute Gasteiger partial charge is 0.481 e. The van der Waals surface area contributed by atoms with E-state index in [4.69, 9.17) is 0 Å². The summed E-state index contributed by atoms with van der Waals surface area (Å²) in [5, 5.41) is 10.4. The Morgan fingerprint density at radius 3 is 2.77 bits per heavy atom. The van der Waals surface area contributed by atoms with Gasteiger partial charge in [0.15, 0.2) is 0 Å². The molecule has 1 aliphatic rings. The van der Waals surface area contributed by atoms with Crippen molar-refractivity contribution in [3.63, 3.8) is 0 Å². The second-order valence-electron chi connectivity index (χ2n) is 5.95. The van der Waals surface area contributed by atoms with Crippen LogP contribution in [0.5, 0.6) is 0 Å². The highest BCUT2D eigenvalue weighted by molar-refractivity contribution is 5.88. The van der Waals surface area contributed by atoms with Crippen LogP contribution in [-0.4, -0.2) is 32.9 Å². The van der Waals surface area contributed by atoms with Gasteiger partial charge in [-0.1, -0.05) is 18.2 Å². The lowest BCUT2D eigenvalue weighted by Crippen LogP contribution is -2.36. The van der Waals surface area contributed by atoms with Crippen LogP contribution >= 0.6 is 0 Å². The standard InChI is InChI=1S/C17H18N2O3/c1-10(2)19-15(20)8-13(17(21)22)16(19)12-7-11-5-3-4-6-14(11)18-9-12/h3-7,9-10,13,16H,8H2,1-2H3,(H,21,22). The van der Waals surface area contributed by atoms with E-state index in [1.807, 2.05) is 44.2 Å². The average molecular weight is 298 g/mol. The van der Waals surface area contributed by atoms with Crippen LogP contribution in [-0.2, 0) is 9.59 Å². The fraction of sp³-hybridized carbons (Fsp3) is 0.353.